The number of aromatic nitrogens is 1. The normalized spacial score (nSPS) is 12.5. The molecule has 0 N–H and O–H groups in total. The monoisotopic (exact) mass is 743 g/mol. The van der Waals surface area contributed by atoms with E-state index in [4.69, 9.17) is 30.6 Å². The Morgan fingerprint density at radius 1 is 0.712 bits per heavy atom. The average Bonchev–Trinajstić information content (AvgIpc) is 3.47. The second-order valence-corrected chi connectivity index (χ2v) is 14.4. The zero-order valence-electron chi connectivity index (χ0n) is 32.3. The van der Waals surface area contributed by atoms with E-state index in [-0.39, 0.29) is 0 Å². The minimum absolute atomic E-state index is 1.09. The molecule has 1 aliphatic heterocycles. The summed E-state index contributed by atoms with van der Waals surface area (Å²) in [5, 5.41) is 30.9. The highest BCUT2D eigenvalue weighted by atomic mass is 32.1. The van der Waals surface area contributed by atoms with Gasteiger partial charge < -0.3 is 40.0 Å². The number of allylic oxidation sites excluding steroid dienone is 5. The third-order valence-electron chi connectivity index (χ3n) is 9.88. The first-order chi connectivity index (χ1) is 25.1. The predicted molar refractivity (Wildman–Crippen MR) is 217 cm³/mol. The Morgan fingerprint density at radius 2 is 1.19 bits per heavy atom. The van der Waals surface area contributed by atoms with Crippen LogP contribution < -0.4 is 4.57 Å². The van der Waals surface area contributed by atoms with Crippen molar-refractivity contribution in [1.82, 2.24) is 4.90 Å². The molecule has 2 heterocycles. The van der Waals surface area contributed by atoms with Gasteiger partial charge in [0.2, 0.25) is 5.52 Å². The fourth-order valence-corrected chi connectivity index (χ4v) is 7.68. The van der Waals surface area contributed by atoms with Crippen LogP contribution in [0.5, 0.6) is 0 Å². The maximum atomic E-state index is 8.25. The quantitative estimate of drug-likeness (QED) is 0.0343. The molecule has 3 rings (SSSR count). The summed E-state index contributed by atoms with van der Waals surface area (Å²) in [6.45, 7) is 16.5. The van der Waals surface area contributed by atoms with E-state index in [1.807, 2.05) is 11.3 Å². The molecule has 1 aromatic carbocycles. The number of benzene rings is 1. The van der Waals surface area contributed by atoms with Gasteiger partial charge in [0.05, 0.1) is 36.4 Å². The zero-order chi connectivity index (χ0) is 38.5. The van der Waals surface area contributed by atoms with Crippen molar-refractivity contribution >= 4 is 27.6 Å². The number of hydrogen-bond acceptors (Lipinski definition) is 8. The molecule has 52 heavy (non-hydrogen) atoms. The van der Waals surface area contributed by atoms with Crippen LogP contribution in [-0.2, 0) is 6.54 Å². The second kappa shape index (κ2) is 28.8. The molecule has 1 aliphatic rings. The number of aryl methyl sites for hydroxylation is 1. The van der Waals surface area contributed by atoms with Gasteiger partial charge in [-0.1, -0.05) is 120 Å². The van der Waals surface area contributed by atoms with Crippen molar-refractivity contribution in [3.8, 4) is 0 Å². The van der Waals surface area contributed by atoms with Gasteiger partial charge in [0, 0.05) is 43.9 Å². The fraction of sp³-hybridized carbons (Fsp3) is 0.625. The molecule has 0 radical (unpaired) electrons. The third-order valence-corrected chi connectivity index (χ3v) is 11.0. The Kier molecular flexibility index (Phi) is 25.6. The molecular formula is C40H65N5O6S. The van der Waals surface area contributed by atoms with E-state index < -0.39 is 10.2 Å². The largest absolute Gasteiger partial charge is 0.356 e. The molecule has 0 fully saturated rings. The first kappa shape index (κ1) is 46.3. The van der Waals surface area contributed by atoms with Crippen molar-refractivity contribution < 1.29 is 19.2 Å². The summed E-state index contributed by atoms with van der Waals surface area (Å²) in [5.41, 5.74) is 2.64. The summed E-state index contributed by atoms with van der Waals surface area (Å²) in [5.74, 6) is 0. The Bertz CT molecular complexity index is 1340. The Morgan fingerprint density at radius 3 is 1.69 bits per heavy atom. The van der Waals surface area contributed by atoms with Crippen LogP contribution in [0.4, 0.5) is 0 Å². The van der Waals surface area contributed by atoms with Gasteiger partial charge in [-0.05, 0) is 51.0 Å². The van der Waals surface area contributed by atoms with Gasteiger partial charge in [-0.15, -0.1) is 0 Å². The highest BCUT2D eigenvalue weighted by Gasteiger charge is 2.20. The number of nitrogens with zero attached hydrogens (tertiary/aromatic N) is 5. The van der Waals surface area contributed by atoms with Crippen molar-refractivity contribution in [3.63, 3.8) is 0 Å². The fourth-order valence-electron chi connectivity index (χ4n) is 6.58. The second-order valence-electron chi connectivity index (χ2n) is 13.4. The predicted octanol–water partition coefficient (Wildman–Crippen LogP) is 10.7. The van der Waals surface area contributed by atoms with Gasteiger partial charge in [0.1, 0.15) is 4.70 Å². The number of rotatable bonds is 24. The number of unbranched alkanes of at least 4 members (excludes halogenated alkanes) is 13. The molecule has 0 amide bonds. The molecule has 0 bridgehead atoms. The van der Waals surface area contributed by atoms with E-state index in [1.165, 1.54) is 148 Å². The van der Waals surface area contributed by atoms with Crippen LogP contribution in [0.2, 0.25) is 0 Å². The van der Waals surface area contributed by atoms with Crippen molar-refractivity contribution in [2.45, 2.75) is 131 Å². The maximum Gasteiger partial charge on any atom is 0.262 e. The topological polar surface area (TPSA) is 140 Å². The summed E-state index contributed by atoms with van der Waals surface area (Å²) in [7, 11) is 0. The molecule has 0 spiro atoms. The van der Waals surface area contributed by atoms with E-state index in [2.05, 4.69) is 104 Å². The molecule has 292 valence electrons. The van der Waals surface area contributed by atoms with Crippen LogP contribution in [0.3, 0.4) is 0 Å². The van der Waals surface area contributed by atoms with Crippen LogP contribution in [0.1, 0.15) is 129 Å². The Balaban J connectivity index is 0.00000153. The van der Waals surface area contributed by atoms with Crippen LogP contribution in [0.15, 0.2) is 66.5 Å². The van der Waals surface area contributed by atoms with Crippen LogP contribution >= 0.6 is 11.3 Å². The summed E-state index contributed by atoms with van der Waals surface area (Å²) >= 11 is 1.91. The van der Waals surface area contributed by atoms with E-state index >= 15 is 0 Å². The van der Waals surface area contributed by atoms with Crippen LogP contribution in [0.25, 0.3) is 16.3 Å². The summed E-state index contributed by atoms with van der Waals surface area (Å²) in [4.78, 5) is 18.8. The minimum atomic E-state index is -1.75. The molecule has 0 saturated carbocycles. The molecule has 0 saturated heterocycles. The number of para-hydroxylation sites is 1. The third kappa shape index (κ3) is 20.9. The lowest BCUT2D eigenvalue weighted by molar-refractivity contribution is -0.923. The molecule has 2 aromatic rings. The van der Waals surface area contributed by atoms with E-state index in [1.54, 1.807) is 0 Å². The van der Waals surface area contributed by atoms with Crippen molar-refractivity contribution in [3.05, 3.63) is 102 Å². The first-order valence-electron chi connectivity index (χ1n) is 19.5. The van der Waals surface area contributed by atoms with Crippen molar-refractivity contribution in [2.24, 2.45) is 0 Å². The van der Waals surface area contributed by atoms with Crippen LogP contribution in [0, 0.1) is 30.6 Å². The Hall–Kier alpha value is -3.77. The van der Waals surface area contributed by atoms with Crippen LogP contribution in [-0.4, -0.2) is 52.3 Å². The van der Waals surface area contributed by atoms with Crippen molar-refractivity contribution in [2.75, 3.05) is 32.7 Å². The highest BCUT2D eigenvalue weighted by Crippen LogP contribution is 2.22. The Labute approximate surface area is 316 Å². The lowest BCUT2D eigenvalue weighted by Crippen LogP contribution is -2.48. The SMILES string of the molecule is CCCCCCCCCCCCCCCC[n+]1c(C=CC=C2C=CN(CCC[N+](CC)(CC)CC)C=C2)sc2ccccc21.O=[N+]([O-])[O-].O=[N+]([O-])[O-]. The molecule has 0 atom stereocenters. The van der Waals surface area contributed by atoms with E-state index in [0.717, 1.165) is 13.1 Å². The van der Waals surface area contributed by atoms with Gasteiger partial charge in [-0.25, -0.2) is 0 Å². The average molecular weight is 744 g/mol. The molecule has 12 heteroatoms. The summed E-state index contributed by atoms with van der Waals surface area (Å²) in [6, 6.07) is 8.90. The lowest BCUT2D eigenvalue weighted by atomic mass is 10.0. The zero-order valence-corrected chi connectivity index (χ0v) is 33.1. The van der Waals surface area contributed by atoms with Gasteiger partial charge in [-0.3, -0.25) is 0 Å². The molecule has 0 unspecified atom stereocenters. The van der Waals surface area contributed by atoms with E-state index in [9.17, 15) is 0 Å². The van der Waals surface area contributed by atoms with Gasteiger partial charge in [0.25, 0.3) is 5.01 Å². The number of thiazole rings is 1. The highest BCUT2D eigenvalue weighted by molar-refractivity contribution is 7.18. The van der Waals surface area contributed by atoms with Gasteiger partial charge >= 0.3 is 0 Å². The molecular weight excluding hydrogens is 679 g/mol. The lowest BCUT2D eigenvalue weighted by Gasteiger charge is -2.36. The van der Waals surface area contributed by atoms with Crippen molar-refractivity contribution in [1.29, 1.82) is 0 Å². The van der Waals surface area contributed by atoms with Gasteiger partial charge in [-0.2, -0.15) is 4.57 Å². The number of fused-ring (bicyclic) bond motifs is 1. The smallest absolute Gasteiger partial charge is 0.262 e. The molecule has 0 aliphatic carbocycles. The van der Waals surface area contributed by atoms with Gasteiger partial charge in [0.15, 0.2) is 6.54 Å². The maximum absolute atomic E-state index is 8.25. The number of hydrogen-bond donors (Lipinski definition) is 0. The van der Waals surface area contributed by atoms with E-state index in [0.29, 0.717) is 0 Å². The minimum Gasteiger partial charge on any atom is -0.356 e. The molecule has 1 aromatic heterocycles. The molecule has 11 nitrogen and oxygen atoms in total. The standard InChI is InChI=1S/C40H65N3S.2NO3/c1-5-9-10-11-12-13-14-15-16-17-18-19-20-23-33-42-38-27-21-22-28-39(38)44-40(42)29-24-26-37-30-34-41(35-31-37)32-25-36-43(6-2,7-3)8-4;2*2-1(3)4/h21-22,24,26-31,34-35H,5-20,23,25,32-33,36H2,1-4H3;;/q+2;2*-1. The first-order valence-corrected chi connectivity index (χ1v) is 20.3. The number of quaternary nitrogens is 1. The summed E-state index contributed by atoms with van der Waals surface area (Å²) in [6.07, 6.45) is 36.7. The summed E-state index contributed by atoms with van der Waals surface area (Å²) < 4.78 is 5.16.